The van der Waals surface area contributed by atoms with E-state index < -0.39 is 76.2 Å². The molecular formula is C25H20F7N3O9. The molecule has 0 fully saturated rings. The molecule has 0 radical (unpaired) electrons. The summed E-state index contributed by atoms with van der Waals surface area (Å²) < 4.78 is 112. The van der Waals surface area contributed by atoms with Crippen molar-refractivity contribution in [1.29, 1.82) is 0 Å². The Morgan fingerprint density at radius 3 is 2.05 bits per heavy atom. The smallest absolute Gasteiger partial charge is 0.495 e. The van der Waals surface area contributed by atoms with Gasteiger partial charge in [0.15, 0.2) is 11.5 Å². The largest absolute Gasteiger partial charge is 0.573 e. The number of rotatable bonds is 9. The molecule has 0 unspecified atom stereocenters. The predicted octanol–water partition coefficient (Wildman–Crippen LogP) is 3.83. The van der Waals surface area contributed by atoms with Crippen LogP contribution in [0.25, 0.3) is 0 Å². The molecular weight excluding hydrogens is 619 g/mol. The average Bonchev–Trinajstić information content (AvgIpc) is 2.90. The minimum absolute atomic E-state index is 0.108. The van der Waals surface area contributed by atoms with E-state index >= 15 is 0 Å². The lowest BCUT2D eigenvalue weighted by molar-refractivity contribution is -0.420. The number of benzene rings is 2. The van der Waals surface area contributed by atoms with Crippen LogP contribution in [0.1, 0.15) is 32.0 Å². The van der Waals surface area contributed by atoms with Crippen LogP contribution in [0.3, 0.4) is 0 Å². The number of ether oxygens (including phenoxy) is 4. The van der Waals surface area contributed by atoms with Gasteiger partial charge >= 0.3 is 18.7 Å². The summed E-state index contributed by atoms with van der Waals surface area (Å²) in [7, 11) is 2.05. The van der Waals surface area contributed by atoms with Crippen molar-refractivity contribution >= 4 is 17.5 Å². The normalized spacial score (nSPS) is 11.9. The summed E-state index contributed by atoms with van der Waals surface area (Å²) in [5.41, 5.74) is -2.57. The first-order valence-corrected chi connectivity index (χ1v) is 11.7. The number of halogens is 7. The lowest BCUT2D eigenvalue weighted by Gasteiger charge is -2.22. The predicted molar refractivity (Wildman–Crippen MR) is 131 cm³/mol. The third kappa shape index (κ3) is 7.94. The van der Waals surface area contributed by atoms with E-state index in [0.717, 1.165) is 13.2 Å². The number of nitrogens with zero attached hydrogens (tertiary/aromatic N) is 1. The number of carbonyl (C=O) groups is 2. The second-order valence-corrected chi connectivity index (χ2v) is 8.47. The number of aliphatic hydroxyl groups is 3. The molecule has 0 atom stereocenters. The molecule has 0 saturated heterocycles. The molecule has 0 aliphatic heterocycles. The van der Waals surface area contributed by atoms with Gasteiger partial charge in [-0.05, 0) is 42.8 Å². The number of anilines is 1. The topological polar surface area (TPSA) is 169 Å². The van der Waals surface area contributed by atoms with Gasteiger partial charge in [0, 0.05) is 18.9 Å². The molecule has 0 spiro atoms. The third-order valence-corrected chi connectivity index (χ3v) is 5.38. The van der Waals surface area contributed by atoms with Gasteiger partial charge in [-0.25, -0.2) is 0 Å². The van der Waals surface area contributed by atoms with Crippen molar-refractivity contribution in [2.24, 2.45) is 0 Å². The van der Waals surface area contributed by atoms with Crippen LogP contribution in [0, 0.1) is 12.7 Å². The first kappa shape index (κ1) is 33.6. The maximum Gasteiger partial charge on any atom is 0.573 e. The first-order valence-electron chi connectivity index (χ1n) is 11.7. The molecule has 44 heavy (non-hydrogen) atoms. The van der Waals surface area contributed by atoms with Gasteiger partial charge in [0.25, 0.3) is 11.8 Å². The van der Waals surface area contributed by atoms with E-state index in [1.54, 1.807) is 0 Å². The number of pyridine rings is 1. The van der Waals surface area contributed by atoms with Gasteiger partial charge in [0.2, 0.25) is 11.6 Å². The van der Waals surface area contributed by atoms with Gasteiger partial charge in [0.05, 0.1) is 12.7 Å². The average molecular weight is 639 g/mol. The van der Waals surface area contributed by atoms with Gasteiger partial charge in [-0.1, -0.05) is 0 Å². The van der Waals surface area contributed by atoms with Gasteiger partial charge in [-0.3, -0.25) is 14.6 Å². The molecule has 12 nitrogen and oxygen atoms in total. The van der Waals surface area contributed by atoms with Gasteiger partial charge in [0.1, 0.15) is 22.8 Å². The van der Waals surface area contributed by atoms with Crippen molar-refractivity contribution < 1.29 is 74.6 Å². The fourth-order valence-corrected chi connectivity index (χ4v) is 3.55. The highest BCUT2D eigenvalue weighted by Gasteiger charge is 2.39. The summed E-state index contributed by atoms with van der Waals surface area (Å²) in [4.78, 5) is 29.3. The maximum absolute atomic E-state index is 14.9. The molecule has 0 aliphatic carbocycles. The zero-order chi connectivity index (χ0) is 33.2. The Kier molecular flexibility index (Phi) is 9.46. The highest BCUT2D eigenvalue weighted by atomic mass is 19.4. The molecule has 1 heterocycles. The van der Waals surface area contributed by atoms with Gasteiger partial charge in [-0.2, -0.15) is 17.6 Å². The second kappa shape index (κ2) is 12.4. The van der Waals surface area contributed by atoms with Gasteiger partial charge in [-0.15, -0.1) is 13.2 Å². The molecule has 238 valence electrons. The molecule has 0 saturated carbocycles. The van der Waals surface area contributed by atoms with E-state index in [2.05, 4.69) is 25.1 Å². The molecule has 3 aromatic rings. The fraction of sp³-hybridized carbons (Fsp3) is 0.240. The summed E-state index contributed by atoms with van der Waals surface area (Å²) in [5, 5.41) is 32.1. The molecule has 19 heteroatoms. The van der Waals surface area contributed by atoms with Crippen molar-refractivity contribution in [1.82, 2.24) is 10.3 Å². The van der Waals surface area contributed by atoms with Crippen molar-refractivity contribution in [2.45, 2.75) is 25.6 Å². The number of hydrogen-bond donors (Lipinski definition) is 5. The quantitative estimate of drug-likeness (QED) is 0.171. The lowest BCUT2D eigenvalue weighted by Crippen LogP contribution is -2.35. The van der Waals surface area contributed by atoms with Crippen LogP contribution in [0.4, 0.5) is 36.4 Å². The minimum atomic E-state index is -5.45. The highest BCUT2D eigenvalue weighted by Crippen LogP contribution is 2.46. The Balaban J connectivity index is 2.22. The number of methoxy groups -OCH3 is 1. The summed E-state index contributed by atoms with van der Waals surface area (Å²) in [6, 6.07) is 2.84. The van der Waals surface area contributed by atoms with Crippen molar-refractivity contribution in [3.8, 4) is 28.7 Å². The van der Waals surface area contributed by atoms with E-state index in [-0.39, 0.29) is 16.9 Å². The highest BCUT2D eigenvalue weighted by molar-refractivity contribution is 6.09. The summed E-state index contributed by atoms with van der Waals surface area (Å²) >= 11 is 0. The van der Waals surface area contributed by atoms with Crippen LogP contribution < -0.4 is 29.6 Å². The lowest BCUT2D eigenvalue weighted by atomic mass is 10.1. The Bertz CT molecular complexity index is 1570. The molecule has 0 aliphatic rings. The van der Waals surface area contributed by atoms with Crippen molar-refractivity contribution in [2.75, 3.05) is 19.5 Å². The van der Waals surface area contributed by atoms with Crippen LogP contribution in [0.15, 0.2) is 36.5 Å². The van der Waals surface area contributed by atoms with Crippen molar-refractivity contribution in [3.63, 3.8) is 0 Å². The number of carbonyl (C=O) groups excluding carboxylic acids is 2. The molecule has 5 N–H and O–H groups in total. The summed E-state index contributed by atoms with van der Waals surface area (Å²) in [5.74, 6) is -10.5. The number of amides is 2. The van der Waals surface area contributed by atoms with E-state index in [9.17, 15) is 55.6 Å². The zero-order valence-corrected chi connectivity index (χ0v) is 22.3. The number of alkyl halides is 6. The third-order valence-electron chi connectivity index (χ3n) is 5.38. The van der Waals surface area contributed by atoms with E-state index in [4.69, 9.17) is 9.47 Å². The number of hydrogen-bond acceptors (Lipinski definition) is 10. The number of aryl methyl sites for hydroxylation is 1. The first-order chi connectivity index (χ1) is 20.3. The Morgan fingerprint density at radius 2 is 1.50 bits per heavy atom. The SMILES string of the molecule is CNC(=O)c1cc(NC(=O)c2c(Oc3ccc(OC(F)(F)F)c(F)c3OC(O)(O)O)ccc(C(F)(F)F)c2OC)c(C)cn1. The van der Waals surface area contributed by atoms with Crippen LogP contribution in [-0.4, -0.2) is 58.8 Å². The zero-order valence-electron chi connectivity index (χ0n) is 22.3. The Hall–Kier alpha value is -4.88. The Labute approximate surface area is 241 Å². The number of nitrogens with one attached hydrogen (secondary N) is 2. The summed E-state index contributed by atoms with van der Waals surface area (Å²) in [6.07, 6.45) is -13.6. The molecule has 2 amide bonds. The van der Waals surface area contributed by atoms with Crippen LogP contribution >= 0.6 is 0 Å². The van der Waals surface area contributed by atoms with Crippen molar-refractivity contribution in [3.05, 3.63) is 64.7 Å². The van der Waals surface area contributed by atoms with E-state index in [0.29, 0.717) is 24.3 Å². The minimum Gasteiger partial charge on any atom is -0.495 e. The van der Waals surface area contributed by atoms with Crippen LogP contribution in [-0.2, 0) is 6.18 Å². The monoisotopic (exact) mass is 639 g/mol. The van der Waals surface area contributed by atoms with Crippen LogP contribution in [0.5, 0.6) is 28.7 Å². The summed E-state index contributed by atoms with van der Waals surface area (Å²) in [6.45, 7) is 1.43. The maximum atomic E-state index is 14.9. The fourth-order valence-electron chi connectivity index (χ4n) is 3.55. The molecule has 2 aromatic carbocycles. The van der Waals surface area contributed by atoms with E-state index in [1.165, 1.54) is 20.2 Å². The van der Waals surface area contributed by atoms with Gasteiger partial charge < -0.3 is 44.9 Å². The van der Waals surface area contributed by atoms with Crippen LogP contribution in [0.2, 0.25) is 0 Å². The molecule has 3 rings (SSSR count). The Morgan fingerprint density at radius 1 is 0.886 bits per heavy atom. The van der Waals surface area contributed by atoms with E-state index in [1.807, 2.05) is 0 Å². The standard InChI is InChI=1S/C25H20F7N3O9/c1-10-9-34-13(21(36)33-2)8-12(10)35-22(37)17-14(5-4-11(19(17)41-3)23(27,28)29)42-16-7-6-15(43-24(30,31)32)18(26)20(16)44-25(38,39)40/h4-9,38-40H,1-3H3,(H,33,36)(H,34,35,37). The molecule has 1 aromatic heterocycles. The number of aromatic nitrogens is 1. The second-order valence-electron chi connectivity index (χ2n) is 8.47. The molecule has 0 bridgehead atoms.